The van der Waals surface area contributed by atoms with Crippen LogP contribution in [0.2, 0.25) is 5.02 Å². The molecule has 27 heavy (non-hydrogen) atoms. The van der Waals surface area contributed by atoms with Crippen molar-refractivity contribution in [2.45, 2.75) is 39.4 Å². The number of aromatic nitrogens is 2. The number of fused-ring (bicyclic) bond motifs is 1. The molecule has 0 aliphatic heterocycles. The predicted octanol–water partition coefficient (Wildman–Crippen LogP) is 2.99. The van der Waals surface area contributed by atoms with Gasteiger partial charge in [-0.05, 0) is 29.5 Å². The lowest BCUT2D eigenvalue weighted by atomic mass is 10.2. The standard InChI is InChI=1S/C19H20ClN3O3S/c1-2-3-9-22-18(25)17-15(8-10-27-17)23(19(22)26)12-16(24)21-11-13-6-4-5-7-14(13)20/h4-8,10H,2-3,9,11-12H2,1H3,(H,21,24). The molecule has 8 heteroatoms. The van der Waals surface area contributed by atoms with Crippen LogP contribution in [0.4, 0.5) is 0 Å². The molecule has 6 nitrogen and oxygen atoms in total. The Morgan fingerprint density at radius 3 is 2.70 bits per heavy atom. The van der Waals surface area contributed by atoms with Crippen LogP contribution in [0.3, 0.4) is 0 Å². The van der Waals surface area contributed by atoms with Crippen LogP contribution in [0.25, 0.3) is 10.2 Å². The van der Waals surface area contributed by atoms with Gasteiger partial charge >= 0.3 is 5.69 Å². The highest BCUT2D eigenvalue weighted by Crippen LogP contribution is 2.16. The van der Waals surface area contributed by atoms with Gasteiger partial charge in [-0.15, -0.1) is 11.3 Å². The van der Waals surface area contributed by atoms with E-state index < -0.39 is 5.69 Å². The van der Waals surface area contributed by atoms with Crippen molar-refractivity contribution in [2.75, 3.05) is 0 Å². The number of halogens is 1. The fourth-order valence-electron chi connectivity index (χ4n) is 2.83. The third-order valence-electron chi connectivity index (χ3n) is 4.31. The Kier molecular flexibility index (Phi) is 6.13. The molecule has 3 rings (SSSR count). The molecular formula is C19H20ClN3O3S. The average molecular weight is 406 g/mol. The van der Waals surface area contributed by atoms with Gasteiger partial charge in [0.05, 0.1) is 5.52 Å². The number of nitrogens with zero attached hydrogens (tertiary/aromatic N) is 2. The Labute approximate surface area is 165 Å². The summed E-state index contributed by atoms with van der Waals surface area (Å²) in [5.74, 6) is -0.315. The lowest BCUT2D eigenvalue weighted by Crippen LogP contribution is -2.42. The molecule has 2 heterocycles. The van der Waals surface area contributed by atoms with Gasteiger partial charge in [0, 0.05) is 18.1 Å². The Morgan fingerprint density at radius 1 is 1.19 bits per heavy atom. The van der Waals surface area contributed by atoms with Crippen LogP contribution in [0.15, 0.2) is 45.3 Å². The number of nitrogens with one attached hydrogen (secondary N) is 1. The van der Waals surface area contributed by atoms with Crippen molar-refractivity contribution in [3.8, 4) is 0 Å². The van der Waals surface area contributed by atoms with Crippen LogP contribution in [-0.2, 0) is 24.4 Å². The maximum Gasteiger partial charge on any atom is 0.332 e. The van der Waals surface area contributed by atoms with Crippen LogP contribution in [0.5, 0.6) is 0 Å². The summed E-state index contributed by atoms with van der Waals surface area (Å²) in [4.78, 5) is 37.8. The number of carbonyl (C=O) groups is 1. The van der Waals surface area contributed by atoms with Gasteiger partial charge in [-0.3, -0.25) is 18.7 Å². The zero-order valence-electron chi connectivity index (χ0n) is 14.9. The Balaban J connectivity index is 1.86. The van der Waals surface area contributed by atoms with Crippen LogP contribution in [0.1, 0.15) is 25.3 Å². The first-order chi connectivity index (χ1) is 13.0. The number of rotatable bonds is 7. The molecule has 1 N–H and O–H groups in total. The Morgan fingerprint density at radius 2 is 1.96 bits per heavy atom. The third kappa shape index (κ3) is 4.14. The SMILES string of the molecule is CCCCn1c(=O)c2sccc2n(CC(=O)NCc2ccccc2Cl)c1=O. The molecule has 142 valence electrons. The van der Waals surface area contributed by atoms with E-state index in [4.69, 9.17) is 11.6 Å². The van der Waals surface area contributed by atoms with Gasteiger partial charge in [-0.1, -0.05) is 43.1 Å². The first-order valence-corrected chi connectivity index (χ1v) is 9.99. The largest absolute Gasteiger partial charge is 0.350 e. The third-order valence-corrected chi connectivity index (χ3v) is 5.57. The van der Waals surface area contributed by atoms with Crippen LogP contribution in [0, 0.1) is 0 Å². The van der Waals surface area contributed by atoms with E-state index in [-0.39, 0.29) is 24.6 Å². The van der Waals surface area contributed by atoms with E-state index in [0.29, 0.717) is 21.8 Å². The molecule has 1 aromatic carbocycles. The highest BCUT2D eigenvalue weighted by Gasteiger charge is 2.16. The van der Waals surface area contributed by atoms with E-state index in [1.165, 1.54) is 20.5 Å². The molecule has 0 aliphatic rings. The second-order valence-corrected chi connectivity index (χ2v) is 7.51. The first-order valence-electron chi connectivity index (χ1n) is 8.74. The molecule has 0 atom stereocenters. The molecule has 0 aliphatic carbocycles. The lowest BCUT2D eigenvalue weighted by Gasteiger charge is -2.12. The summed E-state index contributed by atoms with van der Waals surface area (Å²) in [5.41, 5.74) is 0.558. The number of carbonyl (C=O) groups excluding carboxylic acids is 1. The summed E-state index contributed by atoms with van der Waals surface area (Å²) in [5, 5.41) is 5.11. The maximum absolute atomic E-state index is 12.8. The molecule has 0 bridgehead atoms. The highest BCUT2D eigenvalue weighted by molar-refractivity contribution is 7.17. The van der Waals surface area contributed by atoms with Gasteiger partial charge < -0.3 is 5.32 Å². The number of hydrogen-bond donors (Lipinski definition) is 1. The van der Waals surface area contributed by atoms with Crippen molar-refractivity contribution in [3.63, 3.8) is 0 Å². The van der Waals surface area contributed by atoms with Crippen molar-refractivity contribution >= 4 is 39.1 Å². The van der Waals surface area contributed by atoms with Crippen molar-refractivity contribution in [2.24, 2.45) is 0 Å². The van der Waals surface area contributed by atoms with Crippen LogP contribution in [-0.4, -0.2) is 15.0 Å². The van der Waals surface area contributed by atoms with Gasteiger partial charge in [0.2, 0.25) is 5.91 Å². The predicted molar refractivity (Wildman–Crippen MR) is 109 cm³/mol. The quantitative estimate of drug-likeness (QED) is 0.656. The van der Waals surface area contributed by atoms with E-state index in [1.54, 1.807) is 17.5 Å². The minimum atomic E-state index is -0.452. The molecule has 0 saturated heterocycles. The van der Waals surface area contributed by atoms with E-state index in [2.05, 4.69) is 5.32 Å². The fourth-order valence-corrected chi connectivity index (χ4v) is 3.88. The van der Waals surface area contributed by atoms with Crippen LogP contribution < -0.4 is 16.6 Å². The minimum Gasteiger partial charge on any atom is -0.350 e. The summed E-state index contributed by atoms with van der Waals surface area (Å²) in [7, 11) is 0. The monoisotopic (exact) mass is 405 g/mol. The molecule has 0 saturated carbocycles. The van der Waals surface area contributed by atoms with Gasteiger partial charge in [0.25, 0.3) is 5.56 Å². The maximum atomic E-state index is 12.8. The minimum absolute atomic E-state index is 0.150. The Bertz CT molecular complexity index is 1080. The molecule has 2 aromatic heterocycles. The van der Waals surface area contributed by atoms with Crippen LogP contribution >= 0.6 is 22.9 Å². The van der Waals surface area contributed by atoms with Crippen molar-refractivity contribution in [1.82, 2.24) is 14.5 Å². The van der Waals surface area contributed by atoms with E-state index in [0.717, 1.165) is 18.4 Å². The summed E-state index contributed by atoms with van der Waals surface area (Å²) < 4.78 is 3.08. The summed E-state index contributed by atoms with van der Waals surface area (Å²) in [6.45, 7) is 2.47. The molecule has 0 unspecified atom stereocenters. The Hall–Kier alpha value is -2.38. The molecule has 0 radical (unpaired) electrons. The van der Waals surface area contributed by atoms with E-state index >= 15 is 0 Å². The van der Waals surface area contributed by atoms with Gasteiger partial charge in [0.15, 0.2) is 0 Å². The summed E-state index contributed by atoms with van der Waals surface area (Å²) >= 11 is 7.38. The zero-order valence-corrected chi connectivity index (χ0v) is 16.5. The second-order valence-electron chi connectivity index (χ2n) is 6.18. The van der Waals surface area contributed by atoms with E-state index in [1.807, 2.05) is 25.1 Å². The number of thiophene rings is 1. The summed E-state index contributed by atoms with van der Waals surface area (Å²) in [6, 6.07) is 8.95. The number of unbranched alkanes of at least 4 members (excludes halogenated alkanes) is 1. The number of benzene rings is 1. The molecule has 1 amide bonds. The molecule has 0 spiro atoms. The first kappa shape index (κ1) is 19.4. The zero-order chi connectivity index (χ0) is 19.4. The molecular weight excluding hydrogens is 386 g/mol. The number of hydrogen-bond acceptors (Lipinski definition) is 4. The van der Waals surface area contributed by atoms with Crippen molar-refractivity contribution in [3.05, 3.63) is 67.1 Å². The fraction of sp³-hybridized carbons (Fsp3) is 0.316. The topological polar surface area (TPSA) is 73.1 Å². The van der Waals surface area contributed by atoms with Crippen molar-refractivity contribution in [1.29, 1.82) is 0 Å². The van der Waals surface area contributed by atoms with Gasteiger partial charge in [-0.2, -0.15) is 0 Å². The average Bonchev–Trinajstić information content (AvgIpc) is 3.14. The second kappa shape index (κ2) is 8.54. The summed E-state index contributed by atoms with van der Waals surface area (Å²) in [6.07, 6.45) is 1.59. The lowest BCUT2D eigenvalue weighted by molar-refractivity contribution is -0.121. The van der Waals surface area contributed by atoms with E-state index in [9.17, 15) is 14.4 Å². The van der Waals surface area contributed by atoms with Crippen molar-refractivity contribution < 1.29 is 4.79 Å². The highest BCUT2D eigenvalue weighted by atomic mass is 35.5. The smallest absolute Gasteiger partial charge is 0.332 e. The normalized spacial score (nSPS) is 11.0. The van der Waals surface area contributed by atoms with Gasteiger partial charge in [0.1, 0.15) is 11.2 Å². The number of amides is 1. The molecule has 0 fully saturated rings. The van der Waals surface area contributed by atoms with Gasteiger partial charge in [-0.25, -0.2) is 4.79 Å². The molecule has 3 aromatic rings.